The Kier molecular flexibility index (Phi) is 9.62. The normalized spacial score (nSPS) is 48.3. The van der Waals surface area contributed by atoms with E-state index in [1.807, 2.05) is 13.8 Å². The van der Waals surface area contributed by atoms with Gasteiger partial charge in [-0.05, 0) is 171 Å². The van der Waals surface area contributed by atoms with E-state index in [2.05, 4.69) is 65.6 Å². The van der Waals surface area contributed by atoms with Crippen LogP contribution in [0.25, 0.3) is 0 Å². The summed E-state index contributed by atoms with van der Waals surface area (Å²) < 4.78 is 6.47. The Morgan fingerprint density at radius 2 is 1.31 bits per heavy atom. The predicted octanol–water partition coefficient (Wildman–Crippen LogP) is 10.1. The molecule has 14 atom stereocenters. The van der Waals surface area contributed by atoms with Crippen molar-refractivity contribution in [3.05, 3.63) is 0 Å². The lowest BCUT2D eigenvalue weighted by molar-refractivity contribution is -0.252. The summed E-state index contributed by atoms with van der Waals surface area (Å²) in [7, 11) is 0. The SMILES string of the molecule is CC1([C@@H]2CC[C@]3(C(=O)N[C@@H]4C[C@H](C(=O)N5CCCCC5)C4(C)C)CC[C@]4(C)C(CC[C@@H]5[C@@]6(C)CC[C@H](OC(=O)[C@H]7C[C@@H](C(=O)O)C7(C)C)C(C)(C)[C@@H]6CC[C@]54C)[C@@H]23)CC1. The Morgan fingerprint density at radius 1 is 0.610 bits per heavy atom. The zero-order chi connectivity index (χ0) is 42.5. The summed E-state index contributed by atoms with van der Waals surface area (Å²) in [4.78, 5) is 56.5. The molecule has 1 heterocycles. The third-order valence-electron chi connectivity index (χ3n) is 22.4. The van der Waals surface area contributed by atoms with E-state index >= 15 is 4.79 Å². The van der Waals surface area contributed by atoms with E-state index < -0.39 is 17.3 Å². The number of esters is 1. The van der Waals surface area contributed by atoms with Gasteiger partial charge in [0.25, 0.3) is 0 Å². The Morgan fingerprint density at radius 3 is 1.93 bits per heavy atom. The molecule has 0 bridgehead atoms. The van der Waals surface area contributed by atoms with E-state index in [1.165, 1.54) is 44.9 Å². The van der Waals surface area contributed by atoms with Gasteiger partial charge in [0.05, 0.1) is 17.3 Å². The molecule has 2 N–H and O–H groups in total. The molecule has 59 heavy (non-hydrogen) atoms. The first kappa shape index (κ1) is 42.2. The minimum Gasteiger partial charge on any atom is -0.481 e. The molecule has 9 fully saturated rings. The Balaban J connectivity index is 0.938. The molecule has 2 amide bonds. The van der Waals surface area contributed by atoms with Crippen LogP contribution in [0.4, 0.5) is 0 Å². The molecule has 8 saturated carbocycles. The van der Waals surface area contributed by atoms with Crippen LogP contribution in [0.3, 0.4) is 0 Å². The first-order valence-corrected chi connectivity index (χ1v) is 24.5. The number of carbonyl (C=O) groups is 4. The highest BCUT2D eigenvalue weighted by Gasteiger charge is 2.74. The van der Waals surface area contributed by atoms with Crippen molar-refractivity contribution in [2.45, 2.75) is 191 Å². The third-order valence-corrected chi connectivity index (χ3v) is 22.4. The molecule has 0 spiro atoms. The maximum Gasteiger partial charge on any atom is 0.309 e. The van der Waals surface area contributed by atoms with Gasteiger partial charge in [0.2, 0.25) is 11.8 Å². The van der Waals surface area contributed by atoms with Crippen LogP contribution in [0.1, 0.15) is 178 Å². The van der Waals surface area contributed by atoms with E-state index in [1.54, 1.807) is 0 Å². The van der Waals surface area contributed by atoms with Gasteiger partial charge in [-0.15, -0.1) is 0 Å². The number of carboxylic acid groups (broad SMARTS) is 1. The molecular formula is C51H80N2O6. The largest absolute Gasteiger partial charge is 0.481 e. The standard InChI is InChI=1S/C51H80N2O6/c1-44(2)33(41(55)56)28-34(44)42(57)59-38-18-19-48(8)35(46(38,5)6)17-20-50(10)36(48)15-14-31-39-30(47(7)22-23-47)16-21-51(39,25-24-49(31,50)9)43(58)52-37-29-32(45(37,3)4)40(54)53-26-12-11-13-27-53/h30-39H,11-29H2,1-10H3,(H,52,58)(H,55,56)/t30-,31?,32-,33+,34-,35+,36-,37-,38+,39-,48+,49-,50-,51+/m1/s1. The van der Waals surface area contributed by atoms with Crippen LogP contribution in [-0.4, -0.2) is 59.0 Å². The van der Waals surface area contributed by atoms with Crippen molar-refractivity contribution in [2.24, 2.45) is 90.7 Å². The number of nitrogens with one attached hydrogen (secondary N) is 1. The van der Waals surface area contributed by atoms with Gasteiger partial charge < -0.3 is 20.1 Å². The maximum absolute atomic E-state index is 15.2. The number of carbonyl (C=O) groups excluding carboxylic acids is 3. The molecule has 0 aromatic heterocycles. The number of likely N-dealkylation sites (tertiary alicyclic amines) is 1. The molecule has 8 heteroatoms. The van der Waals surface area contributed by atoms with Crippen LogP contribution >= 0.6 is 0 Å². The molecule has 0 radical (unpaired) electrons. The smallest absolute Gasteiger partial charge is 0.309 e. The van der Waals surface area contributed by atoms with E-state index in [9.17, 15) is 19.5 Å². The highest BCUT2D eigenvalue weighted by Crippen LogP contribution is 2.79. The van der Waals surface area contributed by atoms with Gasteiger partial charge in [-0.2, -0.15) is 0 Å². The van der Waals surface area contributed by atoms with E-state index in [-0.39, 0.29) is 62.4 Å². The number of ether oxygens (including phenoxy) is 1. The van der Waals surface area contributed by atoms with Crippen molar-refractivity contribution >= 4 is 23.8 Å². The first-order valence-electron chi connectivity index (χ1n) is 24.5. The summed E-state index contributed by atoms with van der Waals surface area (Å²) in [6.07, 6.45) is 18.0. The number of carboxylic acids is 1. The second-order valence-corrected chi connectivity index (χ2v) is 25.5. The zero-order valence-electron chi connectivity index (χ0n) is 38.6. The zero-order valence-corrected chi connectivity index (χ0v) is 38.6. The van der Waals surface area contributed by atoms with Gasteiger partial charge in [-0.3, -0.25) is 19.2 Å². The molecule has 8 aliphatic carbocycles. The molecule has 1 aliphatic heterocycles. The molecule has 9 rings (SSSR count). The van der Waals surface area contributed by atoms with Crippen LogP contribution in [0.15, 0.2) is 0 Å². The van der Waals surface area contributed by atoms with Crippen molar-refractivity contribution in [3.63, 3.8) is 0 Å². The lowest BCUT2D eigenvalue weighted by Crippen LogP contribution is -2.69. The molecule has 1 saturated heterocycles. The van der Waals surface area contributed by atoms with Crippen molar-refractivity contribution in [1.82, 2.24) is 10.2 Å². The molecule has 330 valence electrons. The predicted molar refractivity (Wildman–Crippen MR) is 229 cm³/mol. The number of amides is 2. The van der Waals surface area contributed by atoms with E-state index in [0.717, 1.165) is 70.9 Å². The summed E-state index contributed by atoms with van der Waals surface area (Å²) in [5.74, 6) is 1.32. The molecule has 0 aromatic carbocycles. The number of fused-ring (bicyclic) bond motifs is 7. The van der Waals surface area contributed by atoms with Crippen molar-refractivity contribution in [1.29, 1.82) is 0 Å². The summed E-state index contributed by atoms with van der Waals surface area (Å²) in [5.41, 5.74) is -0.497. The maximum atomic E-state index is 15.2. The Labute approximate surface area is 356 Å². The topological polar surface area (TPSA) is 113 Å². The van der Waals surface area contributed by atoms with E-state index in [0.29, 0.717) is 53.2 Å². The van der Waals surface area contributed by atoms with Crippen molar-refractivity contribution in [3.8, 4) is 0 Å². The fourth-order valence-electron chi connectivity index (χ4n) is 17.7. The summed E-state index contributed by atoms with van der Waals surface area (Å²) in [6.45, 7) is 25.3. The lowest BCUT2D eigenvalue weighted by atomic mass is 9.32. The highest BCUT2D eigenvalue weighted by molar-refractivity contribution is 5.86. The number of hydrogen-bond donors (Lipinski definition) is 2. The lowest BCUT2D eigenvalue weighted by Gasteiger charge is -2.73. The van der Waals surface area contributed by atoms with Crippen LogP contribution in [0.2, 0.25) is 0 Å². The van der Waals surface area contributed by atoms with Gasteiger partial charge >= 0.3 is 11.9 Å². The third kappa shape index (κ3) is 5.76. The Hall–Kier alpha value is -2.12. The number of aliphatic carboxylic acids is 1. The van der Waals surface area contributed by atoms with Crippen molar-refractivity contribution < 1.29 is 29.0 Å². The number of hydrogen-bond acceptors (Lipinski definition) is 5. The fourth-order valence-corrected chi connectivity index (χ4v) is 17.7. The van der Waals surface area contributed by atoms with Gasteiger partial charge in [0.15, 0.2) is 0 Å². The van der Waals surface area contributed by atoms with Gasteiger partial charge in [-0.25, -0.2) is 0 Å². The average molecular weight is 817 g/mol. The molecule has 1 unspecified atom stereocenters. The van der Waals surface area contributed by atoms with Gasteiger partial charge in [0.1, 0.15) is 6.10 Å². The molecule has 9 aliphatic rings. The van der Waals surface area contributed by atoms with Crippen LogP contribution in [-0.2, 0) is 23.9 Å². The molecule has 0 aromatic rings. The molecular weight excluding hydrogens is 737 g/mol. The number of piperidine rings is 1. The minimum atomic E-state index is -0.813. The average Bonchev–Trinajstić information content (AvgIpc) is 3.78. The van der Waals surface area contributed by atoms with Crippen LogP contribution < -0.4 is 5.32 Å². The summed E-state index contributed by atoms with van der Waals surface area (Å²) >= 11 is 0. The highest BCUT2D eigenvalue weighted by atomic mass is 16.5. The minimum absolute atomic E-state index is 0.00386. The molecule has 8 nitrogen and oxygen atoms in total. The first-order chi connectivity index (χ1) is 27.5. The second kappa shape index (κ2) is 13.4. The Bertz CT molecular complexity index is 1760. The van der Waals surface area contributed by atoms with Gasteiger partial charge in [-0.1, -0.05) is 69.2 Å². The number of nitrogens with zero attached hydrogens (tertiary/aromatic N) is 1. The van der Waals surface area contributed by atoms with Crippen LogP contribution in [0.5, 0.6) is 0 Å². The van der Waals surface area contributed by atoms with Gasteiger partial charge in [0, 0.05) is 30.5 Å². The second-order valence-electron chi connectivity index (χ2n) is 25.5. The summed E-state index contributed by atoms with van der Waals surface area (Å²) in [5, 5.41) is 13.4. The fraction of sp³-hybridized carbons (Fsp3) is 0.922. The number of rotatable bonds is 7. The van der Waals surface area contributed by atoms with Crippen LogP contribution in [0, 0.1) is 90.7 Å². The summed E-state index contributed by atoms with van der Waals surface area (Å²) in [6, 6.07) is 0.0516. The quantitative estimate of drug-likeness (QED) is 0.248. The van der Waals surface area contributed by atoms with Crippen molar-refractivity contribution in [2.75, 3.05) is 13.1 Å². The monoisotopic (exact) mass is 817 g/mol. The van der Waals surface area contributed by atoms with E-state index in [4.69, 9.17) is 4.74 Å².